The molecule has 12 heteroatoms. The Kier molecular flexibility index (Phi) is 10.1. The summed E-state index contributed by atoms with van der Waals surface area (Å²) in [5.74, 6) is -1.05. The minimum atomic E-state index is -1.07. The van der Waals surface area contributed by atoms with E-state index >= 15 is 0 Å². The van der Waals surface area contributed by atoms with Gasteiger partial charge in [0.25, 0.3) is 5.91 Å². The monoisotopic (exact) mass is 620 g/mol. The zero-order valence-electron chi connectivity index (χ0n) is 26.9. The van der Waals surface area contributed by atoms with Crippen LogP contribution in [0.2, 0.25) is 0 Å². The summed E-state index contributed by atoms with van der Waals surface area (Å²) in [4.78, 5) is 67.5. The second-order valence-electron chi connectivity index (χ2n) is 15.1. The van der Waals surface area contributed by atoms with E-state index in [0.29, 0.717) is 13.0 Å². The normalized spacial score (nSPS) is 27.1. The van der Waals surface area contributed by atoms with E-state index in [2.05, 4.69) is 48.0 Å². The highest BCUT2D eigenvalue weighted by atomic mass is 32.2. The van der Waals surface area contributed by atoms with Gasteiger partial charge in [-0.3, -0.25) is 19.2 Å². The second-order valence-corrected chi connectivity index (χ2v) is 16.2. The fraction of sp³-hybridized carbons (Fsp3) is 0.839. The quantitative estimate of drug-likeness (QED) is 0.193. The molecule has 1 unspecified atom stereocenters. The predicted molar refractivity (Wildman–Crippen MR) is 167 cm³/mol. The number of Topliss-reactive ketones (excluding diaryl/α,β-unsaturated/α-hetero) is 1. The van der Waals surface area contributed by atoms with Gasteiger partial charge >= 0.3 is 6.03 Å². The van der Waals surface area contributed by atoms with Gasteiger partial charge in [-0.1, -0.05) is 79.7 Å². The lowest BCUT2D eigenvalue weighted by atomic mass is 9.80. The molecule has 2 saturated carbocycles. The molecule has 43 heavy (non-hydrogen) atoms. The molecule has 0 aromatic heterocycles. The molecule has 2 heterocycles. The minimum Gasteiger partial charge on any atom is -0.363 e. The van der Waals surface area contributed by atoms with Crippen LogP contribution in [0.15, 0.2) is 0 Å². The highest BCUT2D eigenvalue weighted by molar-refractivity contribution is 7.97. The molecular formula is C31H52N6O5S. The van der Waals surface area contributed by atoms with E-state index in [1.165, 1.54) is 0 Å². The lowest BCUT2D eigenvalue weighted by Crippen LogP contribution is -2.62. The Labute approximate surface area is 260 Å². The number of carbonyl (C=O) groups excluding carboxylic acids is 5. The molecule has 0 bridgehead atoms. The summed E-state index contributed by atoms with van der Waals surface area (Å²) < 4.78 is 2.28. The van der Waals surface area contributed by atoms with Gasteiger partial charge in [0.05, 0.1) is 6.04 Å². The average molecular weight is 621 g/mol. The maximum atomic E-state index is 14.2. The van der Waals surface area contributed by atoms with Crippen LogP contribution >= 0.6 is 11.9 Å². The molecule has 6 atom stereocenters. The van der Waals surface area contributed by atoms with Crippen LogP contribution in [0.3, 0.4) is 0 Å². The van der Waals surface area contributed by atoms with Crippen LogP contribution in [-0.2, 0) is 19.2 Å². The topological polar surface area (TPSA) is 154 Å². The third-order valence-electron chi connectivity index (χ3n) is 10.2. The molecule has 2 aliphatic carbocycles. The molecule has 0 spiro atoms. The fourth-order valence-electron chi connectivity index (χ4n) is 6.98. The predicted octanol–water partition coefficient (Wildman–Crippen LogP) is 2.29. The maximum Gasteiger partial charge on any atom is 0.315 e. The smallest absolute Gasteiger partial charge is 0.315 e. The van der Waals surface area contributed by atoms with Crippen LogP contribution in [0.5, 0.6) is 0 Å². The number of ketones is 1. The van der Waals surface area contributed by atoms with Gasteiger partial charge in [0.1, 0.15) is 12.1 Å². The Morgan fingerprint density at radius 3 is 2.21 bits per heavy atom. The zero-order chi connectivity index (χ0) is 31.9. The number of primary amides is 1. The third kappa shape index (κ3) is 7.49. The highest BCUT2D eigenvalue weighted by Crippen LogP contribution is 2.65. The van der Waals surface area contributed by atoms with Crippen LogP contribution in [0.25, 0.3) is 0 Å². The van der Waals surface area contributed by atoms with Crippen molar-refractivity contribution < 1.29 is 24.0 Å². The second kappa shape index (κ2) is 12.9. The molecule has 242 valence electrons. The van der Waals surface area contributed by atoms with E-state index in [-0.39, 0.29) is 41.0 Å². The van der Waals surface area contributed by atoms with E-state index in [4.69, 9.17) is 5.73 Å². The van der Waals surface area contributed by atoms with Crippen LogP contribution < -0.4 is 21.7 Å². The van der Waals surface area contributed by atoms with Crippen molar-refractivity contribution in [3.8, 4) is 0 Å². The standard InChI is InChI=1S/C31H52N6O5S/c1-17(2)21(16-36-12-9-13-43-36)34-29(42)35-25(30(3,4)5)28(41)37-15-19-22(31(19,6)7)23(37)27(40)33-20(24(38)26(32)39)14-18-10-8-11-18/h17-23,25H,8-16H2,1-7H3,(H2,32,39)(H,33,40)(H2,34,35,42)/t19-,20?,21+,22-,23-,25+/m0/s1. The number of urea groups is 1. The van der Waals surface area contributed by atoms with Crippen molar-refractivity contribution >= 4 is 41.5 Å². The minimum absolute atomic E-state index is 0.0813. The Morgan fingerprint density at radius 2 is 1.70 bits per heavy atom. The molecule has 2 saturated heterocycles. The molecule has 5 amide bonds. The zero-order valence-corrected chi connectivity index (χ0v) is 27.7. The lowest BCUT2D eigenvalue weighted by Gasteiger charge is -2.38. The van der Waals surface area contributed by atoms with Crippen molar-refractivity contribution in [2.45, 2.75) is 105 Å². The van der Waals surface area contributed by atoms with Gasteiger partial charge in [0.15, 0.2) is 0 Å². The molecule has 0 aromatic rings. The van der Waals surface area contributed by atoms with E-state index in [1.807, 2.05) is 20.8 Å². The molecule has 4 fully saturated rings. The average Bonchev–Trinajstić information content (AvgIpc) is 3.31. The van der Waals surface area contributed by atoms with Gasteiger partial charge in [-0.05, 0) is 47.3 Å². The largest absolute Gasteiger partial charge is 0.363 e. The molecule has 2 aliphatic heterocycles. The Balaban J connectivity index is 1.49. The van der Waals surface area contributed by atoms with Gasteiger partial charge in [-0.25, -0.2) is 9.10 Å². The molecule has 0 aromatic carbocycles. The Hall–Kier alpha value is -2.34. The van der Waals surface area contributed by atoms with Crippen LogP contribution in [0.4, 0.5) is 4.79 Å². The number of hydrogen-bond donors (Lipinski definition) is 4. The summed E-state index contributed by atoms with van der Waals surface area (Å²) in [6, 6.07) is -3.18. The number of nitrogens with two attached hydrogens (primary N) is 1. The summed E-state index contributed by atoms with van der Waals surface area (Å²) in [5.41, 5.74) is 4.56. The van der Waals surface area contributed by atoms with E-state index < -0.39 is 47.2 Å². The van der Waals surface area contributed by atoms with E-state index in [9.17, 15) is 24.0 Å². The van der Waals surface area contributed by atoms with Crippen molar-refractivity contribution in [3.05, 3.63) is 0 Å². The van der Waals surface area contributed by atoms with Crippen molar-refractivity contribution in [1.82, 2.24) is 25.2 Å². The van der Waals surface area contributed by atoms with Gasteiger partial charge in [-0.15, -0.1) is 0 Å². The van der Waals surface area contributed by atoms with Gasteiger partial charge in [0, 0.05) is 31.4 Å². The number of rotatable bonds is 12. The molecule has 4 rings (SSSR count). The van der Waals surface area contributed by atoms with Crippen molar-refractivity contribution in [1.29, 1.82) is 0 Å². The summed E-state index contributed by atoms with van der Waals surface area (Å²) >= 11 is 1.79. The summed E-state index contributed by atoms with van der Waals surface area (Å²) in [6.45, 7) is 16.1. The van der Waals surface area contributed by atoms with Gasteiger partial charge in [0.2, 0.25) is 17.6 Å². The lowest BCUT2D eigenvalue weighted by molar-refractivity contribution is -0.145. The first-order chi connectivity index (χ1) is 20.0. The third-order valence-corrected chi connectivity index (χ3v) is 11.3. The Bertz CT molecular complexity index is 1100. The van der Waals surface area contributed by atoms with Crippen molar-refractivity contribution in [2.75, 3.05) is 25.4 Å². The van der Waals surface area contributed by atoms with Crippen LogP contribution in [0.1, 0.15) is 80.6 Å². The fourth-order valence-corrected chi connectivity index (χ4v) is 8.02. The number of amides is 5. The number of likely N-dealkylation sites (tertiary alicyclic amines) is 1. The Morgan fingerprint density at radius 1 is 1.02 bits per heavy atom. The van der Waals surface area contributed by atoms with Gasteiger partial charge < -0.3 is 26.6 Å². The first kappa shape index (κ1) is 33.6. The van der Waals surface area contributed by atoms with E-state index in [0.717, 1.165) is 44.5 Å². The molecule has 0 radical (unpaired) electrons. The molecule has 5 N–H and O–H groups in total. The number of piperidine rings is 1. The first-order valence-electron chi connectivity index (χ1n) is 15.9. The number of hydrogen-bond acceptors (Lipinski definition) is 7. The number of nitrogens with one attached hydrogen (secondary N) is 3. The van der Waals surface area contributed by atoms with E-state index in [1.54, 1.807) is 16.8 Å². The summed E-state index contributed by atoms with van der Waals surface area (Å²) in [5, 5.41) is 8.87. The summed E-state index contributed by atoms with van der Waals surface area (Å²) in [6.07, 6.45) is 4.44. The number of carbonyl (C=O) groups is 5. The van der Waals surface area contributed by atoms with Crippen LogP contribution in [0, 0.1) is 34.5 Å². The molecule has 11 nitrogen and oxygen atoms in total. The molecule has 4 aliphatic rings. The first-order valence-corrected chi connectivity index (χ1v) is 16.9. The summed E-state index contributed by atoms with van der Waals surface area (Å²) in [7, 11) is 0. The van der Waals surface area contributed by atoms with Gasteiger partial charge in [-0.2, -0.15) is 0 Å². The number of nitrogens with zero attached hydrogens (tertiary/aromatic N) is 2. The van der Waals surface area contributed by atoms with Crippen molar-refractivity contribution in [3.63, 3.8) is 0 Å². The van der Waals surface area contributed by atoms with Crippen LogP contribution in [-0.4, -0.2) is 88.3 Å². The maximum absolute atomic E-state index is 14.2. The van der Waals surface area contributed by atoms with Crippen molar-refractivity contribution in [2.24, 2.45) is 40.2 Å². The molecular weight excluding hydrogens is 568 g/mol. The highest BCUT2D eigenvalue weighted by Gasteiger charge is 2.70. The SMILES string of the molecule is CC(C)[C@@H](CN1CCCS1)NC(=O)N[C@H](C(=O)N1C[C@H]2[C@@H]([C@H]1C(=O)NC(CC1CCC1)C(=O)C(N)=O)C2(C)C)C(C)(C)C. The number of fused-ring (bicyclic) bond motifs is 1.